The molecule has 0 saturated carbocycles. The Bertz CT molecular complexity index is 1210. The molecule has 0 aliphatic rings. The van der Waals surface area contributed by atoms with Crippen LogP contribution in [-0.2, 0) is 31.2 Å². The number of hydrogen-bond acceptors (Lipinski definition) is 0. The van der Waals surface area contributed by atoms with Crippen molar-refractivity contribution in [3.8, 4) is 0 Å². The van der Waals surface area contributed by atoms with Crippen LogP contribution in [0.4, 0.5) is 0 Å². The van der Waals surface area contributed by atoms with Crippen LogP contribution in [0.1, 0.15) is 0 Å². The van der Waals surface area contributed by atoms with E-state index in [1.807, 2.05) is 0 Å². The van der Waals surface area contributed by atoms with E-state index in [-0.39, 0.29) is 20.4 Å². The average molecular weight is 991 g/mol. The number of hydrogen-bond donors (Lipinski definition) is 0. The summed E-state index contributed by atoms with van der Waals surface area (Å²) >= 11 is 4.65. The van der Waals surface area contributed by atoms with Crippen LogP contribution in [0, 0.1) is 0 Å². The van der Waals surface area contributed by atoms with Gasteiger partial charge in [-0.3, -0.25) is 0 Å². The second kappa shape index (κ2) is 20.8. The molecule has 6 aromatic carbocycles. The van der Waals surface area contributed by atoms with Gasteiger partial charge < -0.3 is 0 Å². The summed E-state index contributed by atoms with van der Waals surface area (Å²) in [5, 5.41) is 8.39. The van der Waals surface area contributed by atoms with Crippen molar-refractivity contribution in [1.82, 2.24) is 0 Å². The van der Waals surface area contributed by atoms with Crippen LogP contribution in [0.2, 0.25) is 0 Å². The fraction of sp³-hybridized carbons (Fsp3) is 0. The first-order valence-electron chi connectivity index (χ1n) is 13.0. The minimum atomic E-state index is -0.446. The monoisotopic (exact) mass is 990 g/mol. The van der Waals surface area contributed by atoms with Gasteiger partial charge in [0.15, 0.2) is 0 Å². The van der Waals surface area contributed by atoms with Gasteiger partial charge in [0.05, 0.1) is 0 Å². The van der Waals surface area contributed by atoms with E-state index in [4.69, 9.17) is 0 Å². The minimum Gasteiger partial charge on any atom is -0.0622 e. The van der Waals surface area contributed by atoms with Crippen LogP contribution in [0.15, 0.2) is 182 Å². The normalized spacial score (nSPS) is 10.1. The molecule has 0 N–H and O–H groups in total. The van der Waals surface area contributed by atoms with E-state index in [9.17, 15) is 0 Å². The Hall–Kier alpha value is -1.04. The van der Waals surface area contributed by atoms with E-state index < -0.39 is 15.8 Å². The molecule has 0 spiro atoms. The Morgan fingerprint density at radius 2 is 0.405 bits per heavy atom. The molecule has 6 rings (SSSR count). The van der Waals surface area contributed by atoms with Crippen molar-refractivity contribution >= 4 is 86.7 Å². The van der Waals surface area contributed by atoms with Gasteiger partial charge in [-0.1, -0.05) is 182 Å². The summed E-state index contributed by atoms with van der Waals surface area (Å²) in [4.78, 5) is 0. The molecule has 0 saturated heterocycles. The smallest absolute Gasteiger partial charge is 0 e. The Labute approximate surface area is 296 Å². The molecule has 218 valence electrons. The molecule has 0 fully saturated rings. The van der Waals surface area contributed by atoms with Crippen LogP contribution >= 0.6 is 54.9 Å². The first-order chi connectivity index (χ1) is 20.3. The number of rotatable bonds is 6. The Morgan fingerprint density at radius 3 is 0.524 bits per heavy atom. The number of benzene rings is 6. The third kappa shape index (κ3) is 11.2. The summed E-state index contributed by atoms with van der Waals surface area (Å²) in [5.74, 6) is 0. The Morgan fingerprint density at radius 1 is 0.286 bits per heavy atom. The van der Waals surface area contributed by atoms with E-state index in [0.29, 0.717) is 0 Å². The van der Waals surface area contributed by atoms with Gasteiger partial charge in [0.1, 0.15) is 0 Å². The van der Waals surface area contributed by atoms with Crippen LogP contribution in [0.25, 0.3) is 0 Å². The van der Waals surface area contributed by atoms with E-state index in [2.05, 4.69) is 221 Å². The van der Waals surface area contributed by atoms with Crippen LogP contribution in [0.5, 0.6) is 0 Å². The average Bonchev–Trinajstić information content (AvgIpc) is 3.05. The standard InChI is InChI=1S/2C18H15P.2HI.2Pd/c2*1-4-10-16(11-5-1)19(17-12-6-2-7-13-17)18-14-8-3-9-15-18;;;;/h2*1-15H;2*1H;;/q;;;;;+2/p-2. The van der Waals surface area contributed by atoms with Crippen LogP contribution in [0.3, 0.4) is 0 Å². The molecule has 0 bridgehead atoms. The predicted molar refractivity (Wildman–Crippen MR) is 198 cm³/mol. The van der Waals surface area contributed by atoms with E-state index in [0.717, 1.165) is 10.8 Å². The van der Waals surface area contributed by atoms with Gasteiger partial charge in [-0.05, 0) is 47.7 Å². The molecule has 0 amide bonds. The third-order valence-corrected chi connectivity index (χ3v) is 11.0. The quantitative estimate of drug-likeness (QED) is 0.0892. The van der Waals surface area contributed by atoms with Crippen molar-refractivity contribution in [2.75, 3.05) is 0 Å². The van der Waals surface area contributed by atoms with E-state index >= 15 is 0 Å². The summed E-state index contributed by atoms with van der Waals surface area (Å²) in [5.41, 5.74) is 0. The molecule has 0 atom stereocenters. The topological polar surface area (TPSA) is 0 Å². The molecule has 0 aliphatic carbocycles. The van der Waals surface area contributed by atoms with Gasteiger partial charge in [-0.15, -0.1) is 0 Å². The molecular formula is C36H30I2P2Pd2. The maximum Gasteiger partial charge on any atom is 0 e. The van der Waals surface area contributed by atoms with Gasteiger partial charge >= 0.3 is 49.8 Å². The summed E-state index contributed by atoms with van der Waals surface area (Å²) in [7, 11) is -0.00198. The summed E-state index contributed by atoms with van der Waals surface area (Å²) in [6, 6.07) is 64.7. The second-order valence-electron chi connectivity index (χ2n) is 8.73. The summed E-state index contributed by atoms with van der Waals surface area (Å²) in [6.07, 6.45) is 0. The molecule has 0 aromatic heterocycles. The van der Waals surface area contributed by atoms with Gasteiger partial charge in [0, 0.05) is 20.4 Å². The predicted octanol–water partition coefficient (Wildman–Crippen LogP) is 8.66. The zero-order valence-corrected chi connectivity index (χ0v) is 31.8. The molecule has 6 heteroatoms. The zero-order valence-electron chi connectivity index (χ0n) is 22.6. The van der Waals surface area contributed by atoms with Crippen molar-refractivity contribution in [1.29, 1.82) is 0 Å². The van der Waals surface area contributed by atoms with Gasteiger partial charge in [0.2, 0.25) is 0 Å². The van der Waals surface area contributed by atoms with Crippen molar-refractivity contribution < 1.29 is 31.2 Å². The second-order valence-corrected chi connectivity index (χ2v) is 25.2. The van der Waals surface area contributed by atoms with E-state index in [1.165, 1.54) is 31.8 Å². The maximum absolute atomic E-state index is 2.33. The van der Waals surface area contributed by atoms with E-state index in [1.54, 1.807) is 0 Å². The molecule has 0 nitrogen and oxygen atoms in total. The van der Waals surface area contributed by atoms with Crippen molar-refractivity contribution in [3.63, 3.8) is 0 Å². The molecule has 0 aliphatic heterocycles. The fourth-order valence-corrected chi connectivity index (χ4v) is 8.97. The van der Waals surface area contributed by atoms with Crippen LogP contribution < -0.4 is 31.8 Å². The van der Waals surface area contributed by atoms with Crippen LogP contribution in [-0.4, -0.2) is 0 Å². The Kier molecular flexibility index (Phi) is 17.6. The fourth-order valence-electron chi connectivity index (χ4n) is 4.36. The summed E-state index contributed by atoms with van der Waals surface area (Å²) < 4.78 is 0. The first kappa shape index (κ1) is 35.4. The molecular weight excluding hydrogens is 961 g/mol. The first-order valence-corrected chi connectivity index (χ1v) is 25.0. The summed E-state index contributed by atoms with van der Waals surface area (Å²) in [6.45, 7) is 0. The molecule has 0 radical (unpaired) electrons. The third-order valence-electron chi connectivity index (χ3n) is 6.09. The molecule has 42 heavy (non-hydrogen) atoms. The minimum absolute atomic E-state index is 0. The molecule has 6 aromatic rings. The van der Waals surface area contributed by atoms with Gasteiger partial charge in [-0.2, -0.15) is 0 Å². The van der Waals surface area contributed by atoms with Crippen molar-refractivity contribution in [2.24, 2.45) is 0 Å². The SMILES string of the molecule is [I][Pd][I].[Pd].c1ccc(P(c2ccccc2)c2ccccc2)cc1.c1ccc(P(c2ccccc2)c2ccccc2)cc1. The Balaban J connectivity index is 0.000000207. The van der Waals surface area contributed by atoms with Crippen molar-refractivity contribution in [2.45, 2.75) is 0 Å². The van der Waals surface area contributed by atoms with Gasteiger partial charge in [0.25, 0.3) is 0 Å². The molecule has 0 unspecified atom stereocenters. The molecule has 0 heterocycles. The largest absolute Gasteiger partial charge is 0.0622 e. The van der Waals surface area contributed by atoms with Gasteiger partial charge in [-0.25, -0.2) is 0 Å². The maximum atomic E-state index is 2.33. The van der Waals surface area contributed by atoms with Crippen molar-refractivity contribution in [3.05, 3.63) is 182 Å². The zero-order chi connectivity index (χ0) is 28.5. The number of halogens is 2.